The Kier molecular flexibility index (Phi) is 17.2. The summed E-state index contributed by atoms with van der Waals surface area (Å²) in [6.07, 6.45) is 12.0. The smallest absolute Gasteiger partial charge is 0.330 e. The molecule has 11 heteroatoms. The third-order valence-electron chi connectivity index (χ3n) is 6.75. The Hall–Kier alpha value is -4.86. The van der Waals surface area contributed by atoms with E-state index in [1.54, 1.807) is 24.4 Å². The second-order valence-corrected chi connectivity index (χ2v) is 11.4. The van der Waals surface area contributed by atoms with E-state index in [-0.39, 0.29) is 16.0 Å². The first-order valence-electron chi connectivity index (χ1n) is 15.8. The molecule has 49 heavy (non-hydrogen) atoms. The van der Waals surface area contributed by atoms with Crippen molar-refractivity contribution in [2.24, 2.45) is 4.99 Å². The Morgan fingerprint density at radius 3 is 1.63 bits per heavy atom. The Bertz CT molecular complexity index is 1580. The first kappa shape index (κ1) is 38.6. The van der Waals surface area contributed by atoms with Crippen LogP contribution in [-0.4, -0.2) is 50.5 Å². The van der Waals surface area contributed by atoms with Crippen LogP contribution in [0.3, 0.4) is 0 Å². The molecule has 0 aliphatic rings. The van der Waals surface area contributed by atoms with E-state index in [0.717, 1.165) is 73.3 Å². The van der Waals surface area contributed by atoms with E-state index in [2.05, 4.69) is 23.5 Å². The van der Waals surface area contributed by atoms with Crippen molar-refractivity contribution in [1.82, 2.24) is 0 Å². The first-order chi connectivity index (χ1) is 23.8. The molecule has 9 nitrogen and oxygen atoms in total. The summed E-state index contributed by atoms with van der Waals surface area (Å²) in [6, 6.07) is 18.0. The molecular formula is C38H40Cl2N2O7. The normalized spacial score (nSPS) is 10.9. The Morgan fingerprint density at radius 1 is 0.673 bits per heavy atom. The zero-order valence-electron chi connectivity index (χ0n) is 27.2. The van der Waals surface area contributed by atoms with Gasteiger partial charge in [-0.05, 0) is 104 Å². The number of nitrogens with zero attached hydrogens (tertiary/aromatic N) is 1. The highest BCUT2D eigenvalue weighted by Crippen LogP contribution is 2.36. The van der Waals surface area contributed by atoms with Gasteiger partial charge in [0.05, 0.1) is 36.5 Å². The average Bonchev–Trinajstić information content (AvgIpc) is 3.10. The fourth-order valence-corrected chi connectivity index (χ4v) is 4.77. The summed E-state index contributed by atoms with van der Waals surface area (Å²) in [5.41, 5.74) is 2.47. The lowest BCUT2D eigenvalue weighted by molar-refractivity contribution is -0.138. The topological polar surface area (TPSA) is 113 Å². The van der Waals surface area contributed by atoms with Crippen LogP contribution in [0.25, 0.3) is 6.08 Å². The van der Waals surface area contributed by atoms with Crippen molar-refractivity contribution in [3.05, 3.63) is 113 Å². The minimum absolute atomic E-state index is 0.286. The number of unbranched alkanes of at least 4 members (excludes halogenated alkanes) is 4. The van der Waals surface area contributed by atoms with Crippen molar-refractivity contribution in [1.29, 1.82) is 0 Å². The highest BCUT2D eigenvalue weighted by atomic mass is 35.5. The molecule has 0 fully saturated rings. The van der Waals surface area contributed by atoms with Crippen LogP contribution in [0.5, 0.6) is 11.5 Å². The van der Waals surface area contributed by atoms with Crippen molar-refractivity contribution < 1.29 is 33.3 Å². The second-order valence-electron chi connectivity index (χ2n) is 10.6. The summed E-state index contributed by atoms with van der Waals surface area (Å²) in [5, 5.41) is 3.34. The number of rotatable bonds is 21. The number of esters is 2. The van der Waals surface area contributed by atoms with Crippen LogP contribution >= 0.6 is 23.2 Å². The van der Waals surface area contributed by atoms with Crippen molar-refractivity contribution in [3.8, 4) is 11.5 Å². The lowest BCUT2D eigenvalue weighted by Crippen LogP contribution is -2.07. The molecule has 0 aliphatic heterocycles. The SMILES string of the molecule is C=CC(=O)OCCCCCOc1ccc(C=CC(=O)Nc2cc(Cl)c(N=Cc3ccc(OCCCCCOC(=O)C=C)cc3)c(Cl)c2)cc1. The number of ether oxygens (including phenoxy) is 4. The predicted octanol–water partition coefficient (Wildman–Crippen LogP) is 8.95. The van der Waals surface area contributed by atoms with E-state index in [0.29, 0.717) is 37.8 Å². The zero-order chi connectivity index (χ0) is 35.3. The van der Waals surface area contributed by atoms with Gasteiger partial charge in [-0.1, -0.05) is 48.5 Å². The molecule has 0 heterocycles. The van der Waals surface area contributed by atoms with Gasteiger partial charge in [0.25, 0.3) is 0 Å². The van der Waals surface area contributed by atoms with Crippen LogP contribution in [0, 0.1) is 0 Å². The largest absolute Gasteiger partial charge is 0.494 e. The number of carbonyl (C=O) groups excluding carboxylic acids is 3. The number of halogens is 2. The van der Waals surface area contributed by atoms with E-state index in [9.17, 15) is 14.4 Å². The molecule has 0 spiro atoms. The van der Waals surface area contributed by atoms with Gasteiger partial charge in [-0.15, -0.1) is 0 Å². The molecule has 3 aromatic carbocycles. The van der Waals surface area contributed by atoms with Gasteiger partial charge in [0.15, 0.2) is 0 Å². The van der Waals surface area contributed by atoms with Crippen molar-refractivity contribution in [2.75, 3.05) is 31.7 Å². The highest BCUT2D eigenvalue weighted by molar-refractivity contribution is 6.39. The minimum Gasteiger partial charge on any atom is -0.494 e. The molecule has 0 aromatic heterocycles. The maximum Gasteiger partial charge on any atom is 0.330 e. The minimum atomic E-state index is -0.411. The van der Waals surface area contributed by atoms with Crippen LogP contribution in [0.2, 0.25) is 10.0 Å². The van der Waals surface area contributed by atoms with E-state index >= 15 is 0 Å². The Morgan fingerprint density at radius 2 is 1.14 bits per heavy atom. The van der Waals surface area contributed by atoms with E-state index in [1.165, 1.54) is 6.08 Å². The molecule has 1 amide bonds. The number of hydrogen-bond donors (Lipinski definition) is 1. The molecule has 0 bridgehead atoms. The number of hydrogen-bond acceptors (Lipinski definition) is 8. The van der Waals surface area contributed by atoms with Gasteiger partial charge < -0.3 is 24.3 Å². The summed E-state index contributed by atoms with van der Waals surface area (Å²) in [4.78, 5) is 39.0. The van der Waals surface area contributed by atoms with E-state index in [1.807, 2.05) is 48.5 Å². The molecule has 0 saturated heterocycles. The number of nitrogens with one attached hydrogen (secondary N) is 1. The van der Waals surface area contributed by atoms with Gasteiger partial charge in [0.1, 0.15) is 17.2 Å². The number of benzene rings is 3. The molecule has 1 N–H and O–H groups in total. The van der Waals surface area contributed by atoms with Gasteiger partial charge in [0, 0.05) is 30.1 Å². The third kappa shape index (κ3) is 15.3. The van der Waals surface area contributed by atoms with Crippen molar-refractivity contribution in [2.45, 2.75) is 38.5 Å². The average molecular weight is 708 g/mol. The molecular weight excluding hydrogens is 667 g/mol. The summed E-state index contributed by atoms with van der Waals surface area (Å²) < 4.78 is 21.4. The predicted molar refractivity (Wildman–Crippen MR) is 195 cm³/mol. The van der Waals surface area contributed by atoms with Gasteiger partial charge in [-0.3, -0.25) is 9.79 Å². The number of aliphatic imine (C=N–C) groups is 1. The summed E-state index contributed by atoms with van der Waals surface area (Å²) in [6.45, 7) is 8.57. The maximum absolute atomic E-state index is 12.6. The summed E-state index contributed by atoms with van der Waals surface area (Å²) in [5.74, 6) is 0.291. The van der Waals surface area contributed by atoms with Crippen molar-refractivity contribution in [3.63, 3.8) is 0 Å². The van der Waals surface area contributed by atoms with Gasteiger partial charge in [0.2, 0.25) is 5.91 Å². The van der Waals surface area contributed by atoms with Gasteiger partial charge in [-0.2, -0.15) is 0 Å². The van der Waals surface area contributed by atoms with Gasteiger partial charge in [-0.25, -0.2) is 9.59 Å². The Labute approximate surface area is 297 Å². The summed E-state index contributed by atoms with van der Waals surface area (Å²) in [7, 11) is 0. The van der Waals surface area contributed by atoms with Crippen molar-refractivity contribution >= 4 is 64.7 Å². The van der Waals surface area contributed by atoms with Gasteiger partial charge >= 0.3 is 11.9 Å². The van der Waals surface area contributed by atoms with Crippen LogP contribution in [0.15, 0.2) is 97.0 Å². The van der Waals surface area contributed by atoms with Crippen LogP contribution < -0.4 is 14.8 Å². The second kappa shape index (κ2) is 21.9. The molecule has 0 atom stereocenters. The van der Waals surface area contributed by atoms with Crippen LogP contribution in [0.4, 0.5) is 11.4 Å². The number of amides is 1. The molecule has 0 saturated carbocycles. The monoisotopic (exact) mass is 706 g/mol. The molecule has 258 valence electrons. The first-order valence-corrected chi connectivity index (χ1v) is 16.6. The summed E-state index contributed by atoms with van der Waals surface area (Å²) >= 11 is 12.9. The molecule has 0 radical (unpaired) electrons. The molecule has 0 aliphatic carbocycles. The fourth-order valence-electron chi connectivity index (χ4n) is 4.19. The van der Waals surface area contributed by atoms with E-state index < -0.39 is 11.9 Å². The maximum atomic E-state index is 12.6. The number of anilines is 1. The highest BCUT2D eigenvalue weighted by Gasteiger charge is 2.09. The quantitative estimate of drug-likeness (QED) is 0.0509. The van der Waals surface area contributed by atoms with Crippen LogP contribution in [0.1, 0.15) is 49.7 Å². The fraction of sp³-hybridized carbons (Fsp3) is 0.263. The lowest BCUT2D eigenvalue weighted by atomic mass is 10.2. The Balaban J connectivity index is 1.40. The molecule has 3 rings (SSSR count). The van der Waals surface area contributed by atoms with Crippen LogP contribution in [-0.2, 0) is 23.9 Å². The molecule has 0 unspecified atom stereocenters. The van der Waals surface area contributed by atoms with E-state index in [4.69, 9.17) is 42.1 Å². The number of carbonyl (C=O) groups is 3. The molecule has 3 aromatic rings. The third-order valence-corrected chi connectivity index (χ3v) is 7.33. The standard InChI is InChI=1S/C38H40Cl2N2O7/c1-3-36(44)48-23-9-5-7-21-46-31-16-11-28(12-17-31)15-20-35(43)42-30-25-33(39)38(34(40)26-30)41-27-29-13-18-32(19-14-29)47-22-8-6-10-24-49-37(45)4-2/h3-4,11-20,25-27H,1-2,5-10,21-24H2,(H,42,43). The lowest BCUT2D eigenvalue weighted by Gasteiger charge is -2.08. The zero-order valence-corrected chi connectivity index (χ0v) is 28.7.